The van der Waals surface area contributed by atoms with E-state index in [1.807, 2.05) is 24.3 Å². The first kappa shape index (κ1) is 23.2. The Kier molecular flexibility index (Phi) is 7.23. The van der Waals surface area contributed by atoms with Crippen LogP contribution in [0.15, 0.2) is 47.0 Å². The SMILES string of the molecule is CCC(NC(=O)C1CCCN(Cc2nc(-c3ccc(C)cc3)no2)C1)c1ccc(C)c(C)c1. The molecule has 2 unspecified atom stereocenters. The van der Waals surface area contributed by atoms with Gasteiger partial charge in [-0.2, -0.15) is 4.98 Å². The maximum atomic E-state index is 13.1. The van der Waals surface area contributed by atoms with Gasteiger partial charge in [0.25, 0.3) is 0 Å². The van der Waals surface area contributed by atoms with Crippen LogP contribution in [0.4, 0.5) is 0 Å². The van der Waals surface area contributed by atoms with Gasteiger partial charge in [0.2, 0.25) is 17.6 Å². The number of rotatable bonds is 7. The molecule has 1 aliphatic heterocycles. The number of likely N-dealkylation sites (tertiary alicyclic amines) is 1. The molecule has 4 rings (SSSR count). The zero-order chi connectivity index (χ0) is 23.4. The third kappa shape index (κ3) is 5.69. The lowest BCUT2D eigenvalue weighted by atomic mass is 9.95. The fourth-order valence-corrected chi connectivity index (χ4v) is 4.44. The Morgan fingerprint density at radius 1 is 1.15 bits per heavy atom. The molecule has 6 nitrogen and oxygen atoms in total. The maximum Gasteiger partial charge on any atom is 0.241 e. The summed E-state index contributed by atoms with van der Waals surface area (Å²) in [6, 6.07) is 14.6. The van der Waals surface area contributed by atoms with Crippen LogP contribution < -0.4 is 5.32 Å². The van der Waals surface area contributed by atoms with Crippen molar-refractivity contribution in [3.63, 3.8) is 0 Å². The average Bonchev–Trinajstić information content (AvgIpc) is 3.28. The lowest BCUT2D eigenvalue weighted by molar-refractivity contribution is -0.127. The maximum absolute atomic E-state index is 13.1. The Morgan fingerprint density at radius 2 is 1.94 bits per heavy atom. The average molecular weight is 447 g/mol. The van der Waals surface area contributed by atoms with Crippen LogP contribution >= 0.6 is 0 Å². The summed E-state index contributed by atoms with van der Waals surface area (Å²) < 4.78 is 5.51. The molecule has 0 radical (unpaired) electrons. The van der Waals surface area contributed by atoms with Gasteiger partial charge in [0.05, 0.1) is 18.5 Å². The number of nitrogens with zero attached hydrogens (tertiary/aromatic N) is 3. The zero-order valence-corrected chi connectivity index (χ0v) is 20.1. The van der Waals surface area contributed by atoms with Crippen molar-refractivity contribution < 1.29 is 9.32 Å². The van der Waals surface area contributed by atoms with Gasteiger partial charge < -0.3 is 9.84 Å². The highest BCUT2D eigenvalue weighted by molar-refractivity contribution is 5.79. The van der Waals surface area contributed by atoms with E-state index >= 15 is 0 Å². The topological polar surface area (TPSA) is 71.3 Å². The van der Waals surface area contributed by atoms with Crippen molar-refractivity contribution in [3.8, 4) is 11.4 Å². The van der Waals surface area contributed by atoms with Crippen LogP contribution in [-0.2, 0) is 11.3 Å². The number of hydrogen-bond donors (Lipinski definition) is 1. The number of carbonyl (C=O) groups is 1. The second kappa shape index (κ2) is 10.3. The van der Waals surface area contributed by atoms with E-state index in [1.54, 1.807) is 0 Å². The molecule has 3 aromatic rings. The summed E-state index contributed by atoms with van der Waals surface area (Å²) in [5, 5.41) is 7.44. The van der Waals surface area contributed by atoms with Gasteiger partial charge in [-0.3, -0.25) is 9.69 Å². The zero-order valence-electron chi connectivity index (χ0n) is 20.1. The van der Waals surface area contributed by atoms with E-state index in [2.05, 4.69) is 66.3 Å². The van der Waals surface area contributed by atoms with Crippen LogP contribution in [0.1, 0.15) is 60.4 Å². The van der Waals surface area contributed by atoms with Gasteiger partial charge in [0, 0.05) is 12.1 Å². The molecule has 1 saturated heterocycles. The smallest absolute Gasteiger partial charge is 0.241 e. The van der Waals surface area contributed by atoms with Crippen molar-refractivity contribution in [2.45, 2.75) is 59.5 Å². The lowest BCUT2D eigenvalue weighted by Gasteiger charge is -2.32. The van der Waals surface area contributed by atoms with E-state index < -0.39 is 0 Å². The molecule has 1 N–H and O–H groups in total. The molecule has 174 valence electrons. The molecule has 6 heteroatoms. The first-order chi connectivity index (χ1) is 15.9. The van der Waals surface area contributed by atoms with Gasteiger partial charge in [0.1, 0.15) is 0 Å². The Morgan fingerprint density at radius 3 is 2.67 bits per heavy atom. The standard InChI is InChI=1S/C27H34N4O2/c1-5-24(22-13-10-19(3)20(4)15-22)28-27(32)23-7-6-14-31(16-23)17-25-29-26(30-33-25)21-11-8-18(2)9-12-21/h8-13,15,23-24H,5-7,14,16-17H2,1-4H3,(H,28,32). The van der Waals surface area contributed by atoms with Crippen molar-refractivity contribution in [2.75, 3.05) is 13.1 Å². The number of amides is 1. The number of carbonyl (C=O) groups excluding carboxylic acids is 1. The minimum absolute atomic E-state index is 0.0289. The van der Waals surface area contributed by atoms with Crippen molar-refractivity contribution in [1.82, 2.24) is 20.4 Å². The molecule has 1 aromatic heterocycles. The van der Waals surface area contributed by atoms with Crippen molar-refractivity contribution >= 4 is 5.91 Å². The summed E-state index contributed by atoms with van der Waals surface area (Å²) in [7, 11) is 0. The molecule has 33 heavy (non-hydrogen) atoms. The highest BCUT2D eigenvalue weighted by atomic mass is 16.5. The van der Waals surface area contributed by atoms with E-state index in [1.165, 1.54) is 22.3 Å². The summed E-state index contributed by atoms with van der Waals surface area (Å²) in [5.41, 5.74) is 5.85. The fraction of sp³-hybridized carbons (Fsp3) is 0.444. The van der Waals surface area contributed by atoms with Gasteiger partial charge in [-0.1, -0.05) is 60.1 Å². The third-order valence-corrected chi connectivity index (χ3v) is 6.67. The van der Waals surface area contributed by atoms with E-state index in [0.29, 0.717) is 24.8 Å². The number of aromatic nitrogens is 2. The Labute approximate surface area is 196 Å². The molecular weight excluding hydrogens is 412 g/mol. The quantitative estimate of drug-likeness (QED) is 0.544. The third-order valence-electron chi connectivity index (χ3n) is 6.67. The number of aryl methyl sites for hydroxylation is 3. The molecule has 0 bridgehead atoms. The van der Waals surface area contributed by atoms with Crippen LogP contribution in [0.25, 0.3) is 11.4 Å². The van der Waals surface area contributed by atoms with Crippen LogP contribution in [-0.4, -0.2) is 34.0 Å². The summed E-state index contributed by atoms with van der Waals surface area (Å²) in [4.78, 5) is 19.9. The number of hydrogen-bond acceptors (Lipinski definition) is 5. The summed E-state index contributed by atoms with van der Waals surface area (Å²) in [6.45, 7) is 10.6. The van der Waals surface area contributed by atoms with Gasteiger partial charge >= 0.3 is 0 Å². The molecule has 0 aliphatic carbocycles. The molecule has 0 saturated carbocycles. The minimum atomic E-state index is -0.0289. The van der Waals surface area contributed by atoms with Crippen LogP contribution in [0.5, 0.6) is 0 Å². The van der Waals surface area contributed by atoms with E-state index in [4.69, 9.17) is 4.52 Å². The van der Waals surface area contributed by atoms with Gasteiger partial charge in [-0.15, -0.1) is 0 Å². The van der Waals surface area contributed by atoms with Crippen LogP contribution in [0, 0.1) is 26.7 Å². The van der Waals surface area contributed by atoms with Crippen molar-refractivity contribution in [3.05, 3.63) is 70.6 Å². The van der Waals surface area contributed by atoms with Crippen molar-refractivity contribution in [2.24, 2.45) is 5.92 Å². The predicted molar refractivity (Wildman–Crippen MR) is 130 cm³/mol. The molecule has 1 fully saturated rings. The number of nitrogens with one attached hydrogen (secondary N) is 1. The van der Waals surface area contributed by atoms with Gasteiger partial charge in [-0.25, -0.2) is 0 Å². The molecular formula is C27H34N4O2. The lowest BCUT2D eigenvalue weighted by Crippen LogP contribution is -2.43. The molecule has 1 aliphatic rings. The molecule has 2 atom stereocenters. The van der Waals surface area contributed by atoms with Gasteiger partial charge in [0.15, 0.2) is 0 Å². The number of piperidine rings is 1. The Bertz CT molecular complexity index is 1090. The van der Waals surface area contributed by atoms with Crippen LogP contribution in [0.2, 0.25) is 0 Å². The molecule has 2 heterocycles. The summed E-state index contributed by atoms with van der Waals surface area (Å²) in [5.74, 6) is 1.30. The summed E-state index contributed by atoms with van der Waals surface area (Å²) in [6.07, 6.45) is 2.76. The summed E-state index contributed by atoms with van der Waals surface area (Å²) >= 11 is 0. The van der Waals surface area contributed by atoms with Crippen LogP contribution in [0.3, 0.4) is 0 Å². The van der Waals surface area contributed by atoms with E-state index in [9.17, 15) is 4.79 Å². The van der Waals surface area contributed by atoms with Crippen molar-refractivity contribution in [1.29, 1.82) is 0 Å². The molecule has 1 amide bonds. The highest BCUT2D eigenvalue weighted by Gasteiger charge is 2.28. The largest absolute Gasteiger partial charge is 0.349 e. The Balaban J connectivity index is 1.36. The second-order valence-electron chi connectivity index (χ2n) is 9.27. The predicted octanol–water partition coefficient (Wildman–Crippen LogP) is 5.14. The normalized spacial score (nSPS) is 17.6. The van der Waals surface area contributed by atoms with Gasteiger partial charge in [-0.05, 0) is 63.3 Å². The number of benzene rings is 2. The highest BCUT2D eigenvalue weighted by Crippen LogP contribution is 2.24. The first-order valence-corrected chi connectivity index (χ1v) is 11.9. The second-order valence-corrected chi connectivity index (χ2v) is 9.27. The first-order valence-electron chi connectivity index (χ1n) is 11.9. The minimum Gasteiger partial charge on any atom is -0.349 e. The van der Waals surface area contributed by atoms with E-state index in [0.717, 1.165) is 31.4 Å². The molecule has 2 aromatic carbocycles. The molecule has 0 spiro atoms. The monoisotopic (exact) mass is 446 g/mol. The Hall–Kier alpha value is -2.99. The fourth-order valence-electron chi connectivity index (χ4n) is 4.44. The van der Waals surface area contributed by atoms with E-state index in [-0.39, 0.29) is 17.9 Å².